The molecule has 0 amide bonds. The molecule has 3 aromatic rings. The predicted molar refractivity (Wildman–Crippen MR) is 83.0 cm³/mol. The van der Waals surface area contributed by atoms with Crippen molar-refractivity contribution in [1.29, 1.82) is 0 Å². The van der Waals surface area contributed by atoms with Gasteiger partial charge in [0.1, 0.15) is 16.5 Å². The van der Waals surface area contributed by atoms with Crippen LogP contribution in [0.3, 0.4) is 0 Å². The molecule has 0 aromatic carbocycles. The Kier molecular flexibility index (Phi) is 5.36. The van der Waals surface area contributed by atoms with Gasteiger partial charge in [0, 0.05) is 24.2 Å². The fourth-order valence-electron chi connectivity index (χ4n) is 1.34. The zero-order valence-corrected chi connectivity index (χ0v) is 11.8. The Balaban J connectivity index is 0.000000173. The van der Waals surface area contributed by atoms with E-state index >= 15 is 0 Å². The Morgan fingerprint density at radius 1 is 1.05 bits per heavy atom. The van der Waals surface area contributed by atoms with Gasteiger partial charge in [0.05, 0.1) is 18.6 Å². The van der Waals surface area contributed by atoms with Crippen molar-refractivity contribution in [2.75, 3.05) is 0 Å². The molecule has 0 saturated carbocycles. The molecule has 0 fully saturated rings. The van der Waals surface area contributed by atoms with E-state index in [-0.39, 0.29) is 0 Å². The van der Waals surface area contributed by atoms with Crippen LogP contribution in [-0.2, 0) is 0 Å². The Labute approximate surface area is 127 Å². The van der Waals surface area contributed by atoms with E-state index in [1.54, 1.807) is 37.2 Å². The van der Waals surface area contributed by atoms with Crippen LogP contribution in [0, 0.1) is 0 Å². The first-order valence-electron chi connectivity index (χ1n) is 6.02. The molecule has 0 aliphatic rings. The van der Waals surface area contributed by atoms with Crippen LogP contribution < -0.4 is 10.5 Å². The number of aromatic nitrogens is 4. The summed E-state index contributed by atoms with van der Waals surface area (Å²) in [4.78, 5) is 8.24. The molecule has 0 saturated heterocycles. The highest BCUT2D eigenvalue weighted by Gasteiger charge is 1.94. The maximum absolute atomic E-state index is 5.45. The topological polar surface area (TPSA) is 89.7 Å². The van der Waals surface area contributed by atoms with Crippen LogP contribution in [0.5, 0.6) is 11.5 Å². The smallest absolute Gasteiger partial charge is 0.145 e. The highest BCUT2D eigenvalue weighted by Crippen LogP contribution is 2.17. The Morgan fingerprint density at radius 2 is 1.67 bits per heavy atom. The average Bonchev–Trinajstić information content (AvgIpc) is 3.05. The van der Waals surface area contributed by atoms with Gasteiger partial charge in [-0.25, -0.2) is 0 Å². The summed E-state index contributed by atoms with van der Waals surface area (Å²) in [5, 5.41) is 6.24. The lowest BCUT2D eigenvalue weighted by Crippen LogP contribution is -2.07. The Hall–Kier alpha value is -2.80. The van der Waals surface area contributed by atoms with E-state index in [1.807, 2.05) is 24.3 Å². The minimum atomic E-state index is 0.374. The van der Waals surface area contributed by atoms with E-state index in [4.69, 9.17) is 10.5 Å². The molecule has 106 valence electrons. The third kappa shape index (κ3) is 5.00. The first-order valence-corrected chi connectivity index (χ1v) is 6.43. The lowest BCUT2D eigenvalue weighted by Gasteiger charge is -2.02. The molecule has 6 nitrogen and oxygen atoms in total. The summed E-state index contributed by atoms with van der Waals surface area (Å²) in [5.74, 6) is 1.44. The van der Waals surface area contributed by atoms with Crippen molar-refractivity contribution in [3.8, 4) is 11.5 Å². The zero-order valence-electron chi connectivity index (χ0n) is 11.0. The molecule has 7 heteroatoms. The lowest BCUT2D eigenvalue weighted by atomic mass is 10.4. The Bertz CT molecular complexity index is 621. The third-order valence-electron chi connectivity index (χ3n) is 2.29. The second-order valence-electron chi connectivity index (χ2n) is 3.83. The maximum Gasteiger partial charge on any atom is 0.145 e. The standard InChI is InChI=1S/C10H8N2O.C4H5N3S/c1-3-9(7-11-5-1)13-10-4-2-6-12-8-10;5-4(8)3-1-6-7-2-3/h1-8H;1-2H,(H2,5,8)(H,6,7). The summed E-state index contributed by atoms with van der Waals surface area (Å²) in [7, 11) is 0. The maximum atomic E-state index is 5.45. The molecule has 3 aromatic heterocycles. The highest BCUT2D eigenvalue weighted by molar-refractivity contribution is 7.80. The van der Waals surface area contributed by atoms with Gasteiger partial charge in [-0.1, -0.05) is 12.2 Å². The van der Waals surface area contributed by atoms with Crippen molar-refractivity contribution in [2.24, 2.45) is 5.73 Å². The molecule has 0 aliphatic carbocycles. The van der Waals surface area contributed by atoms with Gasteiger partial charge in [0.15, 0.2) is 0 Å². The van der Waals surface area contributed by atoms with E-state index in [0.717, 1.165) is 17.1 Å². The SMILES string of the molecule is NC(=S)c1cn[nH]c1.c1cncc(Oc2cccnc2)c1. The number of H-pyrrole nitrogens is 1. The van der Waals surface area contributed by atoms with Crippen molar-refractivity contribution >= 4 is 17.2 Å². The molecule has 0 spiro atoms. The second-order valence-corrected chi connectivity index (χ2v) is 4.27. The fraction of sp³-hybridized carbons (Fsp3) is 0. The summed E-state index contributed by atoms with van der Waals surface area (Å²) in [6.45, 7) is 0. The van der Waals surface area contributed by atoms with Crippen LogP contribution in [0.2, 0.25) is 0 Å². The van der Waals surface area contributed by atoms with Crippen molar-refractivity contribution in [2.45, 2.75) is 0 Å². The van der Waals surface area contributed by atoms with Gasteiger partial charge in [-0.05, 0) is 24.3 Å². The molecule has 21 heavy (non-hydrogen) atoms. The van der Waals surface area contributed by atoms with Crippen molar-refractivity contribution in [3.05, 3.63) is 67.0 Å². The average molecular weight is 299 g/mol. The number of thiocarbonyl (C=S) groups is 1. The van der Waals surface area contributed by atoms with Crippen molar-refractivity contribution < 1.29 is 4.74 Å². The molecule has 0 bridgehead atoms. The molecule has 0 aliphatic heterocycles. The van der Waals surface area contributed by atoms with Crippen molar-refractivity contribution in [1.82, 2.24) is 20.2 Å². The first kappa shape index (κ1) is 14.6. The van der Waals surface area contributed by atoms with Crippen LogP contribution in [0.1, 0.15) is 5.56 Å². The predicted octanol–water partition coefficient (Wildman–Crippen LogP) is 2.31. The number of nitrogens with two attached hydrogens (primary N) is 1. The van der Waals surface area contributed by atoms with Crippen molar-refractivity contribution in [3.63, 3.8) is 0 Å². The van der Waals surface area contributed by atoms with Gasteiger partial charge in [-0.15, -0.1) is 0 Å². The van der Waals surface area contributed by atoms with E-state index in [1.165, 1.54) is 0 Å². The number of hydrogen-bond acceptors (Lipinski definition) is 5. The number of aromatic amines is 1. The second kappa shape index (κ2) is 7.71. The first-order chi connectivity index (χ1) is 10.3. The van der Waals surface area contributed by atoms with Gasteiger partial charge in [-0.3, -0.25) is 15.1 Å². The number of nitrogens with one attached hydrogen (secondary N) is 1. The van der Waals surface area contributed by atoms with E-state index in [0.29, 0.717) is 4.99 Å². The monoisotopic (exact) mass is 299 g/mol. The number of hydrogen-bond donors (Lipinski definition) is 2. The van der Waals surface area contributed by atoms with Crippen LogP contribution in [-0.4, -0.2) is 25.2 Å². The summed E-state index contributed by atoms with van der Waals surface area (Å²) >= 11 is 4.63. The molecule has 3 heterocycles. The van der Waals surface area contributed by atoms with E-state index < -0.39 is 0 Å². The van der Waals surface area contributed by atoms with Crippen LogP contribution in [0.15, 0.2) is 61.4 Å². The van der Waals surface area contributed by atoms with Crippen LogP contribution in [0.25, 0.3) is 0 Å². The molecule has 0 atom stereocenters. The Morgan fingerprint density at radius 3 is 2.00 bits per heavy atom. The summed E-state index contributed by atoms with van der Waals surface area (Å²) < 4.78 is 5.45. The van der Waals surface area contributed by atoms with E-state index in [9.17, 15) is 0 Å². The molecule has 0 radical (unpaired) electrons. The quantitative estimate of drug-likeness (QED) is 0.721. The highest BCUT2D eigenvalue weighted by atomic mass is 32.1. The summed E-state index contributed by atoms with van der Waals surface area (Å²) in [6.07, 6.45) is 9.97. The van der Waals surface area contributed by atoms with Gasteiger partial charge in [0.2, 0.25) is 0 Å². The minimum Gasteiger partial charge on any atom is -0.454 e. The van der Waals surface area contributed by atoms with E-state index in [2.05, 4.69) is 32.4 Å². The molecular weight excluding hydrogens is 286 g/mol. The van der Waals surface area contributed by atoms with Gasteiger partial charge >= 0.3 is 0 Å². The normalized spacial score (nSPS) is 9.33. The fourth-order valence-corrected chi connectivity index (χ4v) is 1.45. The number of rotatable bonds is 3. The van der Waals surface area contributed by atoms with Gasteiger partial charge in [0.25, 0.3) is 0 Å². The summed E-state index contributed by atoms with van der Waals surface area (Å²) in [6, 6.07) is 7.34. The van der Waals surface area contributed by atoms with Gasteiger partial charge < -0.3 is 10.5 Å². The minimum absolute atomic E-state index is 0.374. The molecule has 0 unspecified atom stereocenters. The molecule has 3 rings (SSSR count). The number of pyridine rings is 2. The zero-order chi connectivity index (χ0) is 14.9. The summed E-state index contributed by atoms with van der Waals surface area (Å²) in [5.41, 5.74) is 6.01. The largest absolute Gasteiger partial charge is 0.454 e. The lowest BCUT2D eigenvalue weighted by molar-refractivity contribution is 0.478. The number of ether oxygens (including phenoxy) is 1. The van der Waals surface area contributed by atoms with Gasteiger partial charge in [-0.2, -0.15) is 5.10 Å². The third-order valence-corrected chi connectivity index (χ3v) is 2.52. The molecular formula is C14H13N5OS. The number of nitrogens with zero attached hydrogens (tertiary/aromatic N) is 3. The molecule has 3 N–H and O–H groups in total. The van der Waals surface area contributed by atoms with Crippen LogP contribution >= 0.6 is 12.2 Å². The van der Waals surface area contributed by atoms with Crippen LogP contribution in [0.4, 0.5) is 0 Å².